The molecule has 0 spiro atoms. The largest absolute Gasteiger partial charge is 0.508 e. The topological polar surface area (TPSA) is 101 Å². The van der Waals surface area contributed by atoms with E-state index in [9.17, 15) is 20.0 Å². The lowest BCUT2D eigenvalue weighted by Gasteiger charge is -2.00. The summed E-state index contributed by atoms with van der Waals surface area (Å²) in [4.78, 5) is 21.9. The number of hydrogen-bond donors (Lipinski definition) is 2. The quantitative estimate of drug-likeness (QED) is 0.389. The van der Waals surface area contributed by atoms with E-state index in [0.717, 1.165) is 6.07 Å². The standard InChI is InChI=1S/C15H11NO5/c17-12-6-7-13(15(19)9-12)14(18)8-3-10-1-4-11(5-2-10)16(20)21/h1-9,17,19H. The highest BCUT2D eigenvalue weighted by atomic mass is 16.6. The number of benzene rings is 2. The van der Waals surface area contributed by atoms with Crippen molar-refractivity contribution in [2.24, 2.45) is 0 Å². The third-order valence-corrected chi connectivity index (χ3v) is 2.78. The maximum Gasteiger partial charge on any atom is 0.269 e. The zero-order valence-corrected chi connectivity index (χ0v) is 10.8. The third kappa shape index (κ3) is 3.44. The van der Waals surface area contributed by atoms with Gasteiger partial charge in [-0.05, 0) is 35.9 Å². The number of phenols is 2. The molecule has 0 unspecified atom stereocenters. The normalized spacial score (nSPS) is 10.7. The first kappa shape index (κ1) is 14.3. The van der Waals surface area contributed by atoms with Gasteiger partial charge in [0, 0.05) is 18.2 Å². The van der Waals surface area contributed by atoms with Crippen molar-refractivity contribution in [3.8, 4) is 11.5 Å². The maximum atomic E-state index is 11.9. The van der Waals surface area contributed by atoms with E-state index in [1.54, 1.807) is 0 Å². The maximum absolute atomic E-state index is 11.9. The molecule has 0 bridgehead atoms. The van der Waals surface area contributed by atoms with Crippen molar-refractivity contribution in [2.75, 3.05) is 0 Å². The Bertz CT molecular complexity index is 719. The van der Waals surface area contributed by atoms with Crippen molar-refractivity contribution < 1.29 is 19.9 Å². The van der Waals surface area contributed by atoms with E-state index >= 15 is 0 Å². The SMILES string of the molecule is O=C(C=Cc1ccc([N+](=O)[O-])cc1)c1ccc(O)cc1O. The molecule has 106 valence electrons. The molecule has 21 heavy (non-hydrogen) atoms. The number of ketones is 1. The van der Waals surface area contributed by atoms with Gasteiger partial charge in [-0.15, -0.1) is 0 Å². The molecule has 0 fully saturated rings. The Morgan fingerprint density at radius 2 is 1.76 bits per heavy atom. The van der Waals surface area contributed by atoms with Crippen LogP contribution < -0.4 is 0 Å². The number of rotatable bonds is 4. The number of nitrogens with zero attached hydrogens (tertiary/aromatic N) is 1. The van der Waals surface area contributed by atoms with Crippen molar-refractivity contribution in [3.05, 3.63) is 69.8 Å². The molecule has 0 saturated carbocycles. The molecule has 0 amide bonds. The van der Waals surface area contributed by atoms with Crippen molar-refractivity contribution >= 4 is 17.5 Å². The summed E-state index contributed by atoms with van der Waals surface area (Å²) < 4.78 is 0. The summed E-state index contributed by atoms with van der Waals surface area (Å²) in [5.74, 6) is -0.886. The highest BCUT2D eigenvalue weighted by molar-refractivity contribution is 6.08. The number of phenolic OH excluding ortho intramolecular Hbond substituents is 2. The highest BCUT2D eigenvalue weighted by Crippen LogP contribution is 2.23. The fourth-order valence-corrected chi connectivity index (χ4v) is 1.70. The molecule has 2 aromatic carbocycles. The van der Waals surface area contributed by atoms with Crippen LogP contribution in [-0.4, -0.2) is 20.9 Å². The average molecular weight is 285 g/mol. The van der Waals surface area contributed by atoms with Crippen molar-refractivity contribution in [3.63, 3.8) is 0 Å². The lowest BCUT2D eigenvalue weighted by molar-refractivity contribution is -0.384. The first-order valence-corrected chi connectivity index (χ1v) is 5.96. The molecule has 0 radical (unpaired) electrons. The van der Waals surface area contributed by atoms with Gasteiger partial charge in [-0.3, -0.25) is 14.9 Å². The average Bonchev–Trinajstić information content (AvgIpc) is 2.45. The molecule has 0 saturated heterocycles. The van der Waals surface area contributed by atoms with Gasteiger partial charge in [-0.1, -0.05) is 6.08 Å². The molecule has 2 aromatic rings. The Balaban J connectivity index is 2.16. The van der Waals surface area contributed by atoms with Gasteiger partial charge in [0.15, 0.2) is 5.78 Å². The second-order valence-electron chi connectivity index (χ2n) is 4.25. The minimum Gasteiger partial charge on any atom is -0.508 e. The Morgan fingerprint density at radius 1 is 1.10 bits per heavy atom. The van der Waals surface area contributed by atoms with Crippen molar-refractivity contribution in [1.29, 1.82) is 0 Å². The summed E-state index contributed by atoms with van der Waals surface area (Å²) >= 11 is 0. The first-order valence-electron chi connectivity index (χ1n) is 5.96. The smallest absolute Gasteiger partial charge is 0.269 e. The van der Waals surface area contributed by atoms with Gasteiger partial charge < -0.3 is 10.2 Å². The molecule has 0 aromatic heterocycles. The summed E-state index contributed by atoms with van der Waals surface area (Å²) in [7, 11) is 0. The van der Waals surface area contributed by atoms with Crippen molar-refractivity contribution in [2.45, 2.75) is 0 Å². The number of nitro groups is 1. The molecule has 2 rings (SSSR count). The fourth-order valence-electron chi connectivity index (χ4n) is 1.70. The van der Waals surface area contributed by atoms with E-state index < -0.39 is 10.7 Å². The number of hydrogen-bond acceptors (Lipinski definition) is 5. The minimum absolute atomic E-state index is 0.0327. The van der Waals surface area contributed by atoms with Crippen molar-refractivity contribution in [1.82, 2.24) is 0 Å². The lowest BCUT2D eigenvalue weighted by atomic mass is 10.1. The monoisotopic (exact) mass is 285 g/mol. The Kier molecular flexibility index (Phi) is 3.99. The number of nitro benzene ring substituents is 1. The van der Waals surface area contributed by atoms with Crippen LogP contribution in [0.15, 0.2) is 48.5 Å². The number of carbonyl (C=O) groups is 1. The van der Waals surface area contributed by atoms with Gasteiger partial charge in [0.05, 0.1) is 10.5 Å². The van der Waals surface area contributed by atoms with Gasteiger partial charge in [0.1, 0.15) is 11.5 Å². The molecule has 0 aliphatic rings. The molecular formula is C15H11NO5. The van der Waals surface area contributed by atoms with E-state index in [1.807, 2.05) is 0 Å². The van der Waals surface area contributed by atoms with Crippen LogP contribution in [0.25, 0.3) is 6.08 Å². The van der Waals surface area contributed by atoms with Gasteiger partial charge >= 0.3 is 0 Å². The molecule has 2 N–H and O–H groups in total. The van der Waals surface area contributed by atoms with Crippen LogP contribution in [0.2, 0.25) is 0 Å². The fraction of sp³-hybridized carbons (Fsp3) is 0. The summed E-state index contributed by atoms with van der Waals surface area (Å²) in [6, 6.07) is 9.38. The van der Waals surface area contributed by atoms with Crippen LogP contribution >= 0.6 is 0 Å². The summed E-state index contributed by atoms with van der Waals surface area (Å²) in [5.41, 5.74) is 0.646. The summed E-state index contributed by atoms with van der Waals surface area (Å²) in [5, 5.41) is 29.2. The molecule has 0 aliphatic carbocycles. The van der Waals surface area contributed by atoms with E-state index in [4.69, 9.17) is 5.11 Å². The van der Waals surface area contributed by atoms with E-state index in [-0.39, 0.29) is 22.7 Å². The van der Waals surface area contributed by atoms with Crippen LogP contribution in [-0.2, 0) is 0 Å². The predicted molar refractivity (Wildman–Crippen MR) is 76.2 cm³/mol. The number of non-ortho nitro benzene ring substituents is 1. The van der Waals surface area contributed by atoms with E-state index in [1.165, 1.54) is 48.6 Å². The molecule has 0 aliphatic heterocycles. The van der Waals surface area contributed by atoms with Crippen LogP contribution in [0.3, 0.4) is 0 Å². The van der Waals surface area contributed by atoms with E-state index in [2.05, 4.69) is 0 Å². The first-order chi connectivity index (χ1) is 9.97. The molecule has 0 heterocycles. The van der Waals surface area contributed by atoms with Gasteiger partial charge in [0.2, 0.25) is 0 Å². The number of carbonyl (C=O) groups excluding carboxylic acids is 1. The number of aromatic hydroxyl groups is 2. The molecular weight excluding hydrogens is 274 g/mol. The Hall–Kier alpha value is -3.15. The second-order valence-corrected chi connectivity index (χ2v) is 4.25. The van der Waals surface area contributed by atoms with Crippen LogP contribution in [0.5, 0.6) is 11.5 Å². The zero-order chi connectivity index (χ0) is 15.4. The van der Waals surface area contributed by atoms with Crippen LogP contribution in [0.4, 0.5) is 5.69 Å². The third-order valence-electron chi connectivity index (χ3n) is 2.78. The van der Waals surface area contributed by atoms with Gasteiger partial charge in [-0.25, -0.2) is 0 Å². The zero-order valence-electron chi connectivity index (χ0n) is 10.8. The molecule has 0 atom stereocenters. The van der Waals surface area contributed by atoms with E-state index in [0.29, 0.717) is 5.56 Å². The molecule has 6 nitrogen and oxygen atoms in total. The summed E-state index contributed by atoms with van der Waals surface area (Å²) in [6.07, 6.45) is 2.73. The van der Waals surface area contributed by atoms with Gasteiger partial charge in [0.25, 0.3) is 5.69 Å². The highest BCUT2D eigenvalue weighted by Gasteiger charge is 2.09. The molecule has 6 heteroatoms. The Labute approximate surface area is 119 Å². The summed E-state index contributed by atoms with van der Waals surface area (Å²) in [6.45, 7) is 0. The predicted octanol–water partition coefficient (Wildman–Crippen LogP) is 2.90. The van der Waals surface area contributed by atoms with Gasteiger partial charge in [-0.2, -0.15) is 0 Å². The minimum atomic E-state index is -0.507. The van der Waals surface area contributed by atoms with Crippen LogP contribution in [0.1, 0.15) is 15.9 Å². The Morgan fingerprint density at radius 3 is 2.33 bits per heavy atom. The van der Waals surface area contributed by atoms with Crippen LogP contribution in [0, 0.1) is 10.1 Å². The lowest BCUT2D eigenvalue weighted by Crippen LogP contribution is -1.94. The second kappa shape index (κ2) is 5.87. The number of allylic oxidation sites excluding steroid dienone is 1.